The third kappa shape index (κ3) is 16.3. The van der Waals surface area contributed by atoms with Crippen LogP contribution in [0.2, 0.25) is 5.02 Å². The molecule has 84 heavy (non-hydrogen) atoms. The molecule has 1 aromatic heterocycles. The molecule has 6 aliphatic rings. The highest BCUT2D eigenvalue weighted by Crippen LogP contribution is 2.47. The summed E-state index contributed by atoms with van der Waals surface area (Å²) in [6.07, 6.45) is 13.3. The molecule has 2 heterocycles. The molecular weight excluding hydrogens is 1130 g/mol. The van der Waals surface area contributed by atoms with Crippen molar-refractivity contribution in [2.75, 3.05) is 46.1 Å². The predicted molar refractivity (Wildman–Crippen MR) is 303 cm³/mol. The van der Waals surface area contributed by atoms with Gasteiger partial charge in [0.2, 0.25) is 12.5 Å². The van der Waals surface area contributed by atoms with Crippen molar-refractivity contribution in [1.82, 2.24) is 14.7 Å². The number of carboxylic acid groups (broad SMARTS) is 1. The van der Waals surface area contributed by atoms with Gasteiger partial charge in [-0.15, -0.1) is 0 Å². The van der Waals surface area contributed by atoms with E-state index in [1.807, 2.05) is 19.1 Å². The lowest BCUT2D eigenvalue weighted by Gasteiger charge is -2.39. The van der Waals surface area contributed by atoms with Gasteiger partial charge in [0.05, 0.1) is 119 Å². The van der Waals surface area contributed by atoms with Gasteiger partial charge in [0, 0.05) is 18.5 Å². The van der Waals surface area contributed by atoms with Crippen LogP contribution < -0.4 is 5.73 Å². The molecule has 0 spiro atoms. The lowest BCUT2D eigenvalue weighted by atomic mass is 9.66. The van der Waals surface area contributed by atoms with E-state index in [0.29, 0.717) is 88.3 Å². The zero-order chi connectivity index (χ0) is 61.9. The summed E-state index contributed by atoms with van der Waals surface area (Å²) in [5, 5.41) is 38.8. The number of carbonyl (C=O) groups excluding carboxylic acids is 5. The number of esters is 3. The average molecular weight is 1210 g/mol. The summed E-state index contributed by atoms with van der Waals surface area (Å²) in [6.45, 7) is 16.7. The number of benzene rings is 2. The number of aliphatic hydroxyl groups excluding tert-OH is 1. The first-order chi connectivity index (χ1) is 39.9. The highest BCUT2D eigenvalue weighted by Gasteiger charge is 2.49. The number of aliphatic carboxylic acids is 1. The Kier molecular flexibility index (Phi) is 24.4. The number of aromatic nitrogens is 2. The fourth-order valence-electron chi connectivity index (χ4n) is 10.6. The molecule has 3 aromatic rings. The van der Waals surface area contributed by atoms with E-state index in [1.165, 1.54) is 30.3 Å². The summed E-state index contributed by atoms with van der Waals surface area (Å²) in [4.78, 5) is 75.6. The second-order valence-corrected chi connectivity index (χ2v) is 24.4. The first kappa shape index (κ1) is 67.8. The van der Waals surface area contributed by atoms with Crippen molar-refractivity contribution >= 4 is 57.4 Å². The fraction of sp³-hybridized carbons (Fsp3) is 0.600. The van der Waals surface area contributed by atoms with E-state index in [-0.39, 0.29) is 77.5 Å². The summed E-state index contributed by atoms with van der Waals surface area (Å²) < 4.78 is 59.4. The Balaban J connectivity index is 0.000000207. The summed E-state index contributed by atoms with van der Waals surface area (Å²) in [6, 6.07) is 14.5. The van der Waals surface area contributed by atoms with Crippen molar-refractivity contribution < 1.29 is 70.2 Å². The number of carboxylic acids is 1. The quantitative estimate of drug-likeness (QED) is 0.0436. The molecule has 1 aliphatic heterocycles. The second kappa shape index (κ2) is 30.2. The summed E-state index contributed by atoms with van der Waals surface area (Å²) in [7, 11) is -3.84. The molecule has 9 rings (SSSR count). The maximum atomic E-state index is 13.6. The lowest BCUT2D eigenvalue weighted by Crippen LogP contribution is -2.44. The smallest absolute Gasteiger partial charge is 0.314 e. The minimum atomic E-state index is -3.84. The molecule has 456 valence electrons. The second-order valence-electron chi connectivity index (χ2n) is 22.4. The van der Waals surface area contributed by atoms with Crippen molar-refractivity contribution in [2.45, 2.75) is 161 Å². The Hall–Kier alpha value is -6.97. The monoisotopic (exact) mass is 1210 g/mol. The normalized spacial score (nSPS) is 18.2. The van der Waals surface area contributed by atoms with Crippen LogP contribution in [0, 0.1) is 69.1 Å². The standard InChI is InChI=1S/C21H21ClFN5O2.C15H20O5S.C9H13NO2.C8H14O3.C7H9NO2/c1-25-12-21(5-2-6-21)10-17(29)27-7-8-28-16(11-27)18(20(24)30)19(26-28)13-3-4-15(23)14(22)9-13;1-3-19-14(16)15(9-4-10-15)11-20-21(17,18)13-7-5-12(2)6-8-13;1-2-12-8(11)9(6-7-10)4-3-5-9;1-2-11-7(10)8(6-9)4-3-5-8;8-5-4-7(6(9)10)2-1-3-7/h3-4,9H,2,5-8,10-12H2,(H2,24,30);5-8H,3-4,9-11H2,1-2H3;2-6H2,1H3;9H,2-6H2,1H3;1-4H2,(H,9,10). The number of hydrogen-bond acceptors (Lipinski definition) is 16. The average Bonchev–Trinajstić information content (AvgIpc) is 2.24. The van der Waals surface area contributed by atoms with Crippen LogP contribution in [-0.2, 0) is 65.6 Å². The number of aryl methyl sites for hydroxylation is 1. The van der Waals surface area contributed by atoms with Crippen molar-refractivity contribution in [3.8, 4) is 23.4 Å². The molecule has 2 amide bonds. The van der Waals surface area contributed by atoms with Gasteiger partial charge >= 0.3 is 23.9 Å². The van der Waals surface area contributed by atoms with Gasteiger partial charge in [0.1, 0.15) is 11.5 Å². The maximum absolute atomic E-state index is 13.6. The maximum Gasteiger partial charge on any atom is 0.314 e. The summed E-state index contributed by atoms with van der Waals surface area (Å²) >= 11 is 5.89. The van der Waals surface area contributed by atoms with Gasteiger partial charge < -0.3 is 39.9 Å². The minimum Gasteiger partial charge on any atom is -0.481 e. The number of nitriles is 2. The number of primary amides is 1. The Labute approximate surface area is 495 Å². The zero-order valence-electron chi connectivity index (χ0n) is 48.4. The molecule has 5 aliphatic carbocycles. The predicted octanol–water partition coefficient (Wildman–Crippen LogP) is 9.20. The van der Waals surface area contributed by atoms with Crippen LogP contribution >= 0.6 is 11.6 Å². The van der Waals surface area contributed by atoms with E-state index < -0.39 is 49.5 Å². The molecule has 0 atom stereocenters. The van der Waals surface area contributed by atoms with Crippen LogP contribution in [0.3, 0.4) is 0 Å². The molecule has 0 bridgehead atoms. The zero-order valence-corrected chi connectivity index (χ0v) is 49.9. The Bertz CT molecular complexity index is 3070. The molecule has 24 heteroatoms. The third-order valence-corrected chi connectivity index (χ3v) is 18.5. The Morgan fingerprint density at radius 2 is 1.27 bits per heavy atom. The molecule has 0 radical (unpaired) electrons. The van der Waals surface area contributed by atoms with Gasteiger partial charge in [-0.2, -0.15) is 24.0 Å². The number of hydrogen-bond donors (Lipinski definition) is 3. The van der Waals surface area contributed by atoms with Gasteiger partial charge in [0.15, 0.2) is 0 Å². The van der Waals surface area contributed by atoms with E-state index in [4.69, 9.17) is 63.0 Å². The van der Waals surface area contributed by atoms with E-state index in [1.54, 1.807) is 42.5 Å². The minimum absolute atomic E-state index is 0.0207. The Morgan fingerprint density at radius 3 is 1.68 bits per heavy atom. The summed E-state index contributed by atoms with van der Waals surface area (Å²) in [5.41, 5.74) is 5.56. The molecule has 4 N–H and O–H groups in total. The van der Waals surface area contributed by atoms with Crippen LogP contribution in [0.4, 0.5) is 4.39 Å². The number of aliphatic hydroxyl groups is 1. The lowest BCUT2D eigenvalue weighted by molar-refractivity contribution is -0.165. The number of amides is 2. The van der Waals surface area contributed by atoms with Crippen molar-refractivity contribution in [3.63, 3.8) is 0 Å². The van der Waals surface area contributed by atoms with Crippen molar-refractivity contribution in [3.05, 3.63) is 81.5 Å². The van der Waals surface area contributed by atoms with E-state index in [0.717, 1.165) is 76.2 Å². The first-order valence-corrected chi connectivity index (χ1v) is 30.2. The van der Waals surface area contributed by atoms with Gasteiger partial charge in [-0.25, -0.2) is 11.0 Å². The van der Waals surface area contributed by atoms with Crippen LogP contribution in [0.15, 0.2) is 47.4 Å². The van der Waals surface area contributed by atoms with E-state index >= 15 is 0 Å². The highest BCUT2D eigenvalue weighted by atomic mass is 35.5. The molecule has 0 unspecified atom stereocenters. The molecule has 21 nitrogen and oxygen atoms in total. The molecule has 2 aromatic carbocycles. The molecule has 0 saturated heterocycles. The summed E-state index contributed by atoms with van der Waals surface area (Å²) in [5.74, 6) is -2.83. The van der Waals surface area contributed by atoms with Crippen molar-refractivity contribution in [1.29, 1.82) is 10.5 Å². The van der Waals surface area contributed by atoms with Gasteiger partial charge in [0.25, 0.3) is 16.0 Å². The van der Waals surface area contributed by atoms with Crippen LogP contribution in [0.25, 0.3) is 16.1 Å². The van der Waals surface area contributed by atoms with Gasteiger partial charge in [-0.05, 0) is 122 Å². The van der Waals surface area contributed by atoms with Gasteiger partial charge in [-0.1, -0.05) is 61.4 Å². The number of nitrogens with zero attached hydrogens (tertiary/aromatic N) is 6. The number of ether oxygens (including phenoxy) is 3. The van der Waals surface area contributed by atoms with E-state index in [9.17, 15) is 41.6 Å². The highest BCUT2D eigenvalue weighted by molar-refractivity contribution is 7.86. The number of nitrogens with two attached hydrogens (primary N) is 1. The molecular formula is C60H77ClFN7O14S. The number of carbonyl (C=O) groups is 6. The largest absolute Gasteiger partial charge is 0.481 e. The third-order valence-electron chi connectivity index (χ3n) is 16.9. The Morgan fingerprint density at radius 1 is 0.774 bits per heavy atom. The topological polar surface area (TPSA) is 313 Å². The number of fused-ring (bicyclic) bond motifs is 1. The fourth-order valence-corrected chi connectivity index (χ4v) is 11.8. The van der Waals surface area contributed by atoms with Gasteiger partial charge in [-0.3, -0.25) is 37.6 Å². The molecule has 5 saturated carbocycles. The van der Waals surface area contributed by atoms with Crippen LogP contribution in [0.1, 0.15) is 158 Å². The SMILES string of the molecule is CCOC(=O)C1(CC#N)CCC1.CCOC(=O)C1(CO)CCC1.CCOC(=O)C1(COS(=O)(=O)c2ccc(C)cc2)CCC1.N#CCC1(C(=O)O)CCC1.[C-]#[N+]CC1(CC(=O)N2CCn3nc(-c4ccc(F)c(Cl)c4)c(C(N)=O)c3C2)CCC1. The van der Waals surface area contributed by atoms with Crippen LogP contribution in [-0.4, -0.2) is 115 Å². The molecule has 5 fully saturated rings. The number of rotatable bonds is 19. The first-order valence-electron chi connectivity index (χ1n) is 28.5. The number of halogens is 2. The van der Waals surface area contributed by atoms with Crippen LogP contribution in [0.5, 0.6) is 0 Å². The van der Waals surface area contributed by atoms with E-state index in [2.05, 4.69) is 9.94 Å². The van der Waals surface area contributed by atoms with Crippen molar-refractivity contribution in [2.24, 2.45) is 32.8 Å².